The number of imide groups is 1. The Morgan fingerprint density at radius 3 is 2.41 bits per heavy atom. The van der Waals surface area contributed by atoms with Crippen molar-refractivity contribution in [1.29, 1.82) is 0 Å². The molecule has 5 heteroatoms. The predicted molar refractivity (Wildman–Crippen MR) is 83.8 cm³/mol. The van der Waals surface area contributed by atoms with Gasteiger partial charge in [0.05, 0.1) is 10.7 Å². The second kappa shape index (κ2) is 4.85. The number of fused-ring (bicyclic) bond motifs is 2. The molecule has 2 heterocycles. The van der Waals surface area contributed by atoms with Crippen LogP contribution in [0.4, 0.5) is 10.5 Å². The molecule has 0 aromatic heterocycles. The van der Waals surface area contributed by atoms with Gasteiger partial charge in [0, 0.05) is 13.0 Å². The van der Waals surface area contributed by atoms with Crippen LogP contribution in [-0.2, 0) is 17.8 Å². The maximum Gasteiger partial charge on any atom is 0.332 e. The van der Waals surface area contributed by atoms with E-state index in [0.29, 0.717) is 23.7 Å². The fraction of sp³-hybridized carbons (Fsp3) is 0.176. The van der Waals surface area contributed by atoms with E-state index in [4.69, 9.17) is 11.6 Å². The SMILES string of the molecule is O=C1[C@H]2Cc3ccccc3CN2C(=O)N1c1ccccc1Cl. The molecular formula is C17H13ClN2O2. The molecule has 2 aliphatic rings. The number of anilines is 1. The average Bonchev–Trinajstić information content (AvgIpc) is 2.77. The topological polar surface area (TPSA) is 40.6 Å². The van der Waals surface area contributed by atoms with E-state index in [1.807, 2.05) is 24.3 Å². The molecule has 0 aliphatic carbocycles. The van der Waals surface area contributed by atoms with Crippen molar-refractivity contribution in [1.82, 2.24) is 4.90 Å². The molecule has 2 aromatic carbocycles. The molecular weight excluding hydrogens is 300 g/mol. The summed E-state index contributed by atoms with van der Waals surface area (Å²) in [6, 6.07) is 14.1. The first-order chi connectivity index (χ1) is 10.7. The van der Waals surface area contributed by atoms with Crippen molar-refractivity contribution in [2.45, 2.75) is 19.0 Å². The monoisotopic (exact) mass is 312 g/mol. The van der Waals surface area contributed by atoms with E-state index in [9.17, 15) is 9.59 Å². The lowest BCUT2D eigenvalue weighted by atomic mass is 9.95. The molecule has 1 fully saturated rings. The standard InChI is InChI=1S/C17H13ClN2O2/c18-13-7-3-4-8-14(13)20-16(21)15-9-11-5-1-2-6-12(11)10-19(15)17(20)22/h1-8,15H,9-10H2/t15-/m1/s1. The first kappa shape index (κ1) is 13.3. The van der Waals surface area contributed by atoms with Crippen LogP contribution in [0.25, 0.3) is 0 Å². The van der Waals surface area contributed by atoms with Crippen LogP contribution in [-0.4, -0.2) is 22.9 Å². The summed E-state index contributed by atoms with van der Waals surface area (Å²) < 4.78 is 0. The zero-order valence-electron chi connectivity index (χ0n) is 11.7. The summed E-state index contributed by atoms with van der Waals surface area (Å²) in [5.74, 6) is -0.201. The van der Waals surface area contributed by atoms with Crippen molar-refractivity contribution < 1.29 is 9.59 Å². The van der Waals surface area contributed by atoms with Gasteiger partial charge in [-0.1, -0.05) is 48.0 Å². The van der Waals surface area contributed by atoms with Crippen LogP contribution in [0, 0.1) is 0 Å². The van der Waals surface area contributed by atoms with E-state index >= 15 is 0 Å². The number of hydrogen-bond donors (Lipinski definition) is 0. The van der Waals surface area contributed by atoms with E-state index in [0.717, 1.165) is 11.1 Å². The number of nitrogens with zero attached hydrogens (tertiary/aromatic N) is 2. The van der Waals surface area contributed by atoms with Crippen LogP contribution in [0.2, 0.25) is 5.02 Å². The van der Waals surface area contributed by atoms with Gasteiger partial charge in [-0.2, -0.15) is 0 Å². The van der Waals surface area contributed by atoms with Gasteiger partial charge < -0.3 is 4.90 Å². The highest BCUT2D eigenvalue weighted by molar-refractivity contribution is 6.35. The Kier molecular flexibility index (Phi) is 2.94. The second-order valence-electron chi connectivity index (χ2n) is 5.52. The third-order valence-electron chi connectivity index (χ3n) is 4.28. The molecule has 22 heavy (non-hydrogen) atoms. The smallest absolute Gasteiger partial charge is 0.307 e. The third-order valence-corrected chi connectivity index (χ3v) is 4.60. The maximum atomic E-state index is 12.7. The molecule has 0 bridgehead atoms. The summed E-state index contributed by atoms with van der Waals surface area (Å²) in [5.41, 5.74) is 2.68. The van der Waals surface area contributed by atoms with Crippen LogP contribution in [0.15, 0.2) is 48.5 Å². The van der Waals surface area contributed by atoms with Crippen molar-refractivity contribution in [3.63, 3.8) is 0 Å². The maximum absolute atomic E-state index is 12.7. The second-order valence-corrected chi connectivity index (χ2v) is 5.93. The lowest BCUT2D eigenvalue weighted by Crippen LogP contribution is -2.39. The largest absolute Gasteiger partial charge is 0.332 e. The van der Waals surface area contributed by atoms with Gasteiger partial charge in [-0.15, -0.1) is 0 Å². The number of carbonyl (C=O) groups is 2. The predicted octanol–water partition coefficient (Wildman–Crippen LogP) is 3.23. The summed E-state index contributed by atoms with van der Waals surface area (Å²) in [5, 5.41) is 0.404. The highest BCUT2D eigenvalue weighted by Gasteiger charge is 2.48. The van der Waals surface area contributed by atoms with Gasteiger partial charge in [-0.3, -0.25) is 4.79 Å². The molecule has 4 nitrogen and oxygen atoms in total. The zero-order valence-corrected chi connectivity index (χ0v) is 12.5. The van der Waals surface area contributed by atoms with Crippen molar-refractivity contribution in [3.8, 4) is 0 Å². The number of rotatable bonds is 1. The van der Waals surface area contributed by atoms with E-state index in [1.165, 1.54) is 4.90 Å². The molecule has 0 saturated carbocycles. The fourth-order valence-electron chi connectivity index (χ4n) is 3.17. The highest BCUT2D eigenvalue weighted by Crippen LogP contribution is 2.35. The van der Waals surface area contributed by atoms with Gasteiger partial charge in [0.1, 0.15) is 6.04 Å². The van der Waals surface area contributed by atoms with Gasteiger partial charge in [-0.05, 0) is 23.3 Å². The molecule has 2 aromatic rings. The third kappa shape index (κ3) is 1.84. The number of hydrogen-bond acceptors (Lipinski definition) is 2. The number of para-hydroxylation sites is 1. The van der Waals surface area contributed by atoms with Crippen molar-refractivity contribution in [3.05, 3.63) is 64.7 Å². The number of urea groups is 1. The summed E-state index contributed by atoms with van der Waals surface area (Å²) in [4.78, 5) is 28.2. The van der Waals surface area contributed by atoms with Gasteiger partial charge in [0.25, 0.3) is 5.91 Å². The number of carbonyl (C=O) groups excluding carboxylic acids is 2. The van der Waals surface area contributed by atoms with Gasteiger partial charge >= 0.3 is 6.03 Å². The van der Waals surface area contributed by atoms with E-state index in [2.05, 4.69) is 0 Å². The summed E-state index contributed by atoms with van der Waals surface area (Å²) in [6.45, 7) is 0.465. The fourth-order valence-corrected chi connectivity index (χ4v) is 3.39. The summed E-state index contributed by atoms with van der Waals surface area (Å²) >= 11 is 6.16. The minimum atomic E-state index is -0.432. The average molecular weight is 313 g/mol. The Balaban J connectivity index is 1.75. The normalized spacial score (nSPS) is 20.1. The Labute approximate surface area is 132 Å². The molecule has 110 valence electrons. The number of amides is 3. The molecule has 0 N–H and O–H groups in total. The van der Waals surface area contributed by atoms with Gasteiger partial charge in [0.15, 0.2) is 0 Å². The van der Waals surface area contributed by atoms with E-state index < -0.39 is 6.04 Å². The summed E-state index contributed by atoms with van der Waals surface area (Å²) in [6.07, 6.45) is 0.557. The Hall–Kier alpha value is -2.33. The van der Waals surface area contributed by atoms with Crippen LogP contribution < -0.4 is 4.90 Å². The lowest BCUT2D eigenvalue weighted by molar-refractivity contribution is -0.119. The molecule has 1 atom stereocenters. The highest BCUT2D eigenvalue weighted by atomic mass is 35.5. The van der Waals surface area contributed by atoms with Crippen molar-refractivity contribution in [2.24, 2.45) is 0 Å². The first-order valence-corrected chi connectivity index (χ1v) is 7.50. The summed E-state index contributed by atoms with van der Waals surface area (Å²) in [7, 11) is 0. The Morgan fingerprint density at radius 2 is 1.64 bits per heavy atom. The molecule has 2 aliphatic heterocycles. The molecule has 1 saturated heterocycles. The minimum absolute atomic E-state index is 0.201. The van der Waals surface area contributed by atoms with Crippen LogP contribution in [0.1, 0.15) is 11.1 Å². The minimum Gasteiger partial charge on any atom is -0.307 e. The van der Waals surface area contributed by atoms with Crippen molar-refractivity contribution in [2.75, 3.05) is 4.90 Å². The zero-order chi connectivity index (χ0) is 15.3. The molecule has 3 amide bonds. The Morgan fingerprint density at radius 1 is 0.955 bits per heavy atom. The van der Waals surface area contributed by atoms with E-state index in [1.54, 1.807) is 29.2 Å². The van der Waals surface area contributed by atoms with Crippen LogP contribution in [0.5, 0.6) is 0 Å². The first-order valence-electron chi connectivity index (χ1n) is 7.12. The Bertz CT molecular complexity index is 747. The van der Waals surface area contributed by atoms with E-state index in [-0.39, 0.29) is 11.9 Å². The number of halogens is 1. The van der Waals surface area contributed by atoms with Crippen molar-refractivity contribution >= 4 is 29.2 Å². The van der Waals surface area contributed by atoms with Gasteiger partial charge in [-0.25, -0.2) is 9.69 Å². The molecule has 0 radical (unpaired) electrons. The van der Waals surface area contributed by atoms with Crippen LogP contribution in [0.3, 0.4) is 0 Å². The molecule has 4 rings (SSSR count). The molecule has 0 spiro atoms. The van der Waals surface area contributed by atoms with Gasteiger partial charge in [0.2, 0.25) is 0 Å². The van der Waals surface area contributed by atoms with Crippen LogP contribution >= 0.6 is 11.6 Å². The number of benzene rings is 2. The lowest BCUT2D eigenvalue weighted by Gasteiger charge is -2.28. The molecule has 0 unspecified atom stereocenters. The quantitative estimate of drug-likeness (QED) is 0.759.